The second kappa shape index (κ2) is 4.07. The predicted octanol–water partition coefficient (Wildman–Crippen LogP) is -0.293. The second-order valence-electron chi connectivity index (χ2n) is 3.08. The van der Waals surface area contributed by atoms with E-state index >= 15 is 0 Å². The van der Waals surface area contributed by atoms with Crippen molar-refractivity contribution in [2.24, 2.45) is 11.7 Å². The van der Waals surface area contributed by atoms with E-state index in [4.69, 9.17) is 11.0 Å². The zero-order valence-corrected chi connectivity index (χ0v) is 6.99. The molecule has 0 aromatic heterocycles. The standard InChI is InChI=1S/C8H13N3O/c9-3-4-11(8(12)5-10)6-7-1-2-7/h7H,1-2,4-6,10H2. The van der Waals surface area contributed by atoms with E-state index in [0.717, 1.165) is 0 Å². The molecule has 0 spiro atoms. The van der Waals surface area contributed by atoms with Crippen LogP contribution >= 0.6 is 0 Å². The van der Waals surface area contributed by atoms with E-state index in [1.54, 1.807) is 0 Å². The van der Waals surface area contributed by atoms with Gasteiger partial charge in [-0.15, -0.1) is 0 Å². The highest BCUT2D eigenvalue weighted by molar-refractivity contribution is 5.78. The van der Waals surface area contributed by atoms with Gasteiger partial charge in [-0.3, -0.25) is 4.79 Å². The van der Waals surface area contributed by atoms with Gasteiger partial charge >= 0.3 is 0 Å². The first-order valence-electron chi connectivity index (χ1n) is 4.12. The molecule has 0 saturated heterocycles. The number of nitrogens with zero attached hydrogens (tertiary/aromatic N) is 2. The molecule has 1 fully saturated rings. The summed E-state index contributed by atoms with van der Waals surface area (Å²) >= 11 is 0. The Hall–Kier alpha value is -1.08. The average Bonchev–Trinajstić information content (AvgIpc) is 2.86. The van der Waals surface area contributed by atoms with Crippen LogP contribution < -0.4 is 5.73 Å². The van der Waals surface area contributed by atoms with Gasteiger partial charge in [0.25, 0.3) is 0 Å². The molecule has 2 N–H and O–H groups in total. The molecule has 0 radical (unpaired) electrons. The van der Waals surface area contributed by atoms with Gasteiger partial charge in [0.1, 0.15) is 6.54 Å². The van der Waals surface area contributed by atoms with Crippen LogP contribution in [0.25, 0.3) is 0 Å². The lowest BCUT2D eigenvalue weighted by molar-refractivity contribution is -0.129. The summed E-state index contributed by atoms with van der Waals surface area (Å²) in [6.07, 6.45) is 2.36. The molecule has 66 valence electrons. The van der Waals surface area contributed by atoms with Crippen LogP contribution in [0.5, 0.6) is 0 Å². The van der Waals surface area contributed by atoms with E-state index in [9.17, 15) is 4.79 Å². The minimum atomic E-state index is -0.122. The molecule has 1 amide bonds. The van der Waals surface area contributed by atoms with Gasteiger partial charge < -0.3 is 10.6 Å². The maximum Gasteiger partial charge on any atom is 0.237 e. The molecule has 0 aliphatic heterocycles. The Balaban J connectivity index is 2.36. The third-order valence-electron chi connectivity index (χ3n) is 1.96. The van der Waals surface area contributed by atoms with Crippen molar-refractivity contribution in [1.82, 2.24) is 4.90 Å². The number of carbonyl (C=O) groups excluding carboxylic acids is 1. The molecule has 0 atom stereocenters. The molecule has 1 aliphatic rings. The Morgan fingerprint density at radius 2 is 2.33 bits per heavy atom. The zero-order valence-electron chi connectivity index (χ0n) is 6.99. The third-order valence-corrected chi connectivity index (χ3v) is 1.96. The molecule has 0 heterocycles. The van der Waals surface area contributed by atoms with E-state index in [0.29, 0.717) is 12.5 Å². The number of carbonyl (C=O) groups is 1. The Labute approximate surface area is 71.9 Å². The average molecular weight is 167 g/mol. The van der Waals surface area contributed by atoms with Crippen LogP contribution in [0.4, 0.5) is 0 Å². The normalized spacial score (nSPS) is 15.3. The molecule has 0 unspecified atom stereocenters. The molecular weight excluding hydrogens is 154 g/mol. The van der Waals surface area contributed by atoms with Crippen LogP contribution in [0.2, 0.25) is 0 Å². The molecule has 0 aromatic rings. The second-order valence-corrected chi connectivity index (χ2v) is 3.08. The van der Waals surface area contributed by atoms with Crippen LogP contribution in [-0.2, 0) is 4.79 Å². The lowest BCUT2D eigenvalue weighted by Gasteiger charge is -2.17. The van der Waals surface area contributed by atoms with Crippen molar-refractivity contribution in [3.8, 4) is 6.07 Å². The first kappa shape index (κ1) is 9.01. The van der Waals surface area contributed by atoms with E-state index < -0.39 is 0 Å². The van der Waals surface area contributed by atoms with Crippen LogP contribution in [0.3, 0.4) is 0 Å². The summed E-state index contributed by atoms with van der Waals surface area (Å²) in [7, 11) is 0. The molecule has 12 heavy (non-hydrogen) atoms. The van der Waals surface area contributed by atoms with Gasteiger partial charge in [0.15, 0.2) is 0 Å². The highest BCUT2D eigenvalue weighted by atomic mass is 16.2. The lowest BCUT2D eigenvalue weighted by Crippen LogP contribution is -2.37. The summed E-state index contributed by atoms with van der Waals surface area (Å²) in [5.41, 5.74) is 5.20. The Kier molecular flexibility index (Phi) is 3.06. The molecule has 1 aliphatic carbocycles. The van der Waals surface area contributed by atoms with Crippen molar-refractivity contribution >= 4 is 5.91 Å². The van der Waals surface area contributed by atoms with Crippen LogP contribution in [0, 0.1) is 17.2 Å². The van der Waals surface area contributed by atoms with E-state index in [1.165, 1.54) is 17.7 Å². The number of rotatable bonds is 4. The van der Waals surface area contributed by atoms with E-state index in [2.05, 4.69) is 0 Å². The van der Waals surface area contributed by atoms with Crippen molar-refractivity contribution in [1.29, 1.82) is 5.26 Å². The van der Waals surface area contributed by atoms with Gasteiger partial charge in [0, 0.05) is 6.54 Å². The minimum absolute atomic E-state index is 0.00833. The highest BCUT2D eigenvalue weighted by Crippen LogP contribution is 2.29. The number of nitrogens with two attached hydrogens (primary N) is 1. The molecule has 1 saturated carbocycles. The molecule has 0 bridgehead atoms. The monoisotopic (exact) mass is 167 g/mol. The van der Waals surface area contributed by atoms with Gasteiger partial charge in [0.05, 0.1) is 12.6 Å². The summed E-state index contributed by atoms with van der Waals surface area (Å²) in [6.45, 7) is 0.893. The summed E-state index contributed by atoms with van der Waals surface area (Å²) in [5.74, 6) is 0.498. The molecule has 0 aromatic carbocycles. The third kappa shape index (κ3) is 2.51. The van der Waals surface area contributed by atoms with Crippen molar-refractivity contribution in [3.63, 3.8) is 0 Å². The van der Waals surface area contributed by atoms with Gasteiger partial charge in [-0.1, -0.05) is 0 Å². The fourth-order valence-electron chi connectivity index (χ4n) is 1.08. The van der Waals surface area contributed by atoms with Crippen LogP contribution in [-0.4, -0.2) is 30.4 Å². The fraction of sp³-hybridized carbons (Fsp3) is 0.750. The van der Waals surface area contributed by atoms with E-state index in [1.807, 2.05) is 6.07 Å². The van der Waals surface area contributed by atoms with Gasteiger partial charge in [-0.2, -0.15) is 5.26 Å². The van der Waals surface area contributed by atoms with Crippen LogP contribution in [0.15, 0.2) is 0 Å². The summed E-state index contributed by atoms with van der Waals surface area (Å²) in [6, 6.07) is 1.97. The maximum absolute atomic E-state index is 11.1. The summed E-state index contributed by atoms with van der Waals surface area (Å²) in [4.78, 5) is 12.7. The number of hydrogen-bond acceptors (Lipinski definition) is 3. The van der Waals surface area contributed by atoms with Crippen LogP contribution in [0.1, 0.15) is 12.8 Å². The fourth-order valence-corrected chi connectivity index (χ4v) is 1.08. The zero-order chi connectivity index (χ0) is 8.97. The van der Waals surface area contributed by atoms with E-state index in [-0.39, 0.29) is 19.0 Å². The minimum Gasteiger partial charge on any atom is -0.328 e. The van der Waals surface area contributed by atoms with Crippen molar-refractivity contribution in [2.75, 3.05) is 19.6 Å². The highest BCUT2D eigenvalue weighted by Gasteiger charge is 2.25. The van der Waals surface area contributed by atoms with Crippen molar-refractivity contribution < 1.29 is 4.79 Å². The topological polar surface area (TPSA) is 70.1 Å². The number of amides is 1. The molecular formula is C8H13N3O. The smallest absolute Gasteiger partial charge is 0.237 e. The predicted molar refractivity (Wildman–Crippen MR) is 44.0 cm³/mol. The number of nitriles is 1. The molecule has 4 nitrogen and oxygen atoms in total. The summed E-state index contributed by atoms with van der Waals surface area (Å²) < 4.78 is 0. The summed E-state index contributed by atoms with van der Waals surface area (Å²) in [5, 5.41) is 8.43. The quantitative estimate of drug-likeness (QED) is 0.585. The molecule has 1 rings (SSSR count). The van der Waals surface area contributed by atoms with Gasteiger partial charge in [-0.05, 0) is 18.8 Å². The SMILES string of the molecule is N#CCN(CC1CC1)C(=O)CN. The Morgan fingerprint density at radius 1 is 1.67 bits per heavy atom. The Morgan fingerprint density at radius 3 is 2.75 bits per heavy atom. The number of hydrogen-bond donors (Lipinski definition) is 1. The lowest BCUT2D eigenvalue weighted by atomic mass is 10.3. The first-order valence-corrected chi connectivity index (χ1v) is 4.12. The first-order chi connectivity index (χ1) is 5.77. The largest absolute Gasteiger partial charge is 0.328 e. The molecule has 4 heteroatoms. The van der Waals surface area contributed by atoms with Crippen molar-refractivity contribution in [2.45, 2.75) is 12.8 Å². The Bertz CT molecular complexity index is 205. The maximum atomic E-state index is 11.1. The van der Waals surface area contributed by atoms with Crippen molar-refractivity contribution in [3.05, 3.63) is 0 Å². The van der Waals surface area contributed by atoms with Gasteiger partial charge in [-0.25, -0.2) is 0 Å². The van der Waals surface area contributed by atoms with Gasteiger partial charge in [0.2, 0.25) is 5.91 Å².